The molecule has 0 saturated heterocycles. The Morgan fingerprint density at radius 2 is 1.93 bits per heavy atom. The van der Waals surface area contributed by atoms with Gasteiger partial charge in [0.1, 0.15) is 5.82 Å². The number of carbonyl (C=O) groups is 1. The third-order valence-electron chi connectivity index (χ3n) is 5.27. The van der Waals surface area contributed by atoms with E-state index in [9.17, 15) is 9.18 Å². The summed E-state index contributed by atoms with van der Waals surface area (Å²) in [6, 6.07) is 11.6. The van der Waals surface area contributed by atoms with Crippen LogP contribution in [0.3, 0.4) is 0 Å². The van der Waals surface area contributed by atoms with E-state index < -0.39 is 0 Å². The zero-order valence-corrected chi connectivity index (χ0v) is 16.8. The zero-order chi connectivity index (χ0) is 20.1. The summed E-state index contributed by atoms with van der Waals surface area (Å²) < 4.78 is 16.3. The number of carbonyl (C=O) groups excluding carboxylic acids is 1. The second-order valence-corrected chi connectivity index (χ2v) is 8.24. The number of aryl methyl sites for hydroxylation is 1. The Morgan fingerprint density at radius 1 is 1.14 bits per heavy atom. The van der Waals surface area contributed by atoms with Gasteiger partial charge in [-0.3, -0.25) is 4.79 Å². The van der Waals surface area contributed by atoms with Crippen molar-refractivity contribution in [2.45, 2.75) is 26.4 Å². The van der Waals surface area contributed by atoms with Crippen molar-refractivity contribution in [3.63, 3.8) is 0 Å². The van der Waals surface area contributed by atoms with Gasteiger partial charge in [0.25, 0.3) is 5.91 Å². The first-order valence-corrected chi connectivity index (χ1v) is 10.2. The summed E-state index contributed by atoms with van der Waals surface area (Å²) in [5.74, 6) is 0.976. The number of fused-ring (bicyclic) bond motifs is 2. The molecular weight excluding hydrogens is 389 g/mol. The van der Waals surface area contributed by atoms with Gasteiger partial charge in [0.15, 0.2) is 16.7 Å². The molecule has 0 N–H and O–H groups in total. The van der Waals surface area contributed by atoms with E-state index in [4.69, 9.17) is 4.98 Å². The molecule has 0 fully saturated rings. The van der Waals surface area contributed by atoms with Gasteiger partial charge in [0.05, 0.1) is 16.3 Å². The number of benzene rings is 2. The minimum Gasteiger partial charge on any atom is -0.327 e. The van der Waals surface area contributed by atoms with Gasteiger partial charge in [-0.2, -0.15) is 0 Å². The first kappa shape index (κ1) is 17.9. The van der Waals surface area contributed by atoms with Crippen molar-refractivity contribution in [3.8, 4) is 10.8 Å². The highest BCUT2D eigenvalue weighted by molar-refractivity contribution is 7.21. The largest absolute Gasteiger partial charge is 0.327 e. The number of thiazole rings is 1. The molecule has 0 aliphatic carbocycles. The van der Waals surface area contributed by atoms with Gasteiger partial charge in [-0.05, 0) is 55.8 Å². The molecule has 29 heavy (non-hydrogen) atoms. The molecule has 1 atom stereocenters. The predicted octanol–water partition coefficient (Wildman–Crippen LogP) is 4.22. The highest BCUT2D eigenvalue weighted by Crippen LogP contribution is 2.33. The number of amides is 1. The molecule has 3 heterocycles. The SMILES string of the molecule is Cc1ccc2nc(-c3nnc4n3CCN(C(=O)c3ccc(F)cc3)C4C)sc2c1. The zero-order valence-electron chi connectivity index (χ0n) is 16.0. The van der Waals surface area contributed by atoms with Gasteiger partial charge in [-0.1, -0.05) is 6.07 Å². The second-order valence-electron chi connectivity index (χ2n) is 7.21. The topological polar surface area (TPSA) is 63.9 Å². The van der Waals surface area contributed by atoms with Gasteiger partial charge < -0.3 is 9.47 Å². The fourth-order valence-electron chi connectivity index (χ4n) is 3.71. The quantitative estimate of drug-likeness (QED) is 0.499. The van der Waals surface area contributed by atoms with Crippen molar-refractivity contribution in [2.24, 2.45) is 0 Å². The van der Waals surface area contributed by atoms with E-state index in [0.29, 0.717) is 18.7 Å². The third-order valence-corrected chi connectivity index (χ3v) is 6.29. The van der Waals surface area contributed by atoms with Crippen LogP contribution in [0.5, 0.6) is 0 Å². The summed E-state index contributed by atoms with van der Waals surface area (Å²) in [7, 11) is 0. The van der Waals surface area contributed by atoms with Crippen LogP contribution in [0.1, 0.15) is 34.7 Å². The molecule has 1 aliphatic rings. The average Bonchev–Trinajstić information content (AvgIpc) is 3.32. The summed E-state index contributed by atoms with van der Waals surface area (Å²) in [5.41, 5.74) is 2.61. The number of aromatic nitrogens is 4. The molecular formula is C21H18FN5OS. The van der Waals surface area contributed by atoms with E-state index in [-0.39, 0.29) is 17.8 Å². The van der Waals surface area contributed by atoms with Crippen LogP contribution < -0.4 is 0 Å². The molecule has 2 aromatic heterocycles. The molecule has 4 aromatic rings. The standard InChI is InChI=1S/C21H18FN5OS/c1-12-3-8-16-17(11-12)29-20(23-16)19-25-24-18-13(2)26(9-10-27(18)19)21(28)14-4-6-15(22)7-5-14/h3-8,11,13H,9-10H2,1-2H3. The Morgan fingerprint density at radius 3 is 2.72 bits per heavy atom. The Balaban J connectivity index is 1.47. The molecule has 6 nitrogen and oxygen atoms in total. The van der Waals surface area contributed by atoms with Crippen molar-refractivity contribution in [1.29, 1.82) is 0 Å². The third kappa shape index (κ3) is 3.00. The minimum absolute atomic E-state index is 0.135. The highest BCUT2D eigenvalue weighted by atomic mass is 32.1. The Labute approximate surface area is 170 Å². The number of hydrogen-bond donors (Lipinski definition) is 0. The first-order chi connectivity index (χ1) is 14.0. The molecule has 0 saturated carbocycles. The van der Waals surface area contributed by atoms with Crippen LogP contribution in [-0.2, 0) is 6.54 Å². The van der Waals surface area contributed by atoms with Crippen LogP contribution in [-0.4, -0.2) is 37.1 Å². The van der Waals surface area contributed by atoms with Crippen LogP contribution in [0.25, 0.3) is 21.0 Å². The van der Waals surface area contributed by atoms with Crippen molar-refractivity contribution in [2.75, 3.05) is 6.54 Å². The second kappa shape index (κ2) is 6.73. The van der Waals surface area contributed by atoms with Crippen LogP contribution in [0.4, 0.5) is 4.39 Å². The smallest absolute Gasteiger partial charge is 0.254 e. The summed E-state index contributed by atoms with van der Waals surface area (Å²) in [6.45, 7) is 5.11. The van der Waals surface area contributed by atoms with Crippen LogP contribution >= 0.6 is 11.3 Å². The monoisotopic (exact) mass is 407 g/mol. The summed E-state index contributed by atoms with van der Waals surface area (Å²) in [6.07, 6.45) is 0. The van der Waals surface area contributed by atoms with Crippen LogP contribution in [0.15, 0.2) is 42.5 Å². The van der Waals surface area contributed by atoms with Crippen molar-refractivity contribution in [1.82, 2.24) is 24.6 Å². The fourth-order valence-corrected chi connectivity index (χ4v) is 4.76. The lowest BCUT2D eigenvalue weighted by atomic mass is 10.1. The van der Waals surface area contributed by atoms with E-state index in [0.717, 1.165) is 26.9 Å². The van der Waals surface area contributed by atoms with Gasteiger partial charge >= 0.3 is 0 Å². The van der Waals surface area contributed by atoms with Crippen molar-refractivity contribution < 1.29 is 9.18 Å². The maximum atomic E-state index is 13.2. The first-order valence-electron chi connectivity index (χ1n) is 9.38. The van der Waals surface area contributed by atoms with E-state index in [1.165, 1.54) is 29.8 Å². The molecule has 2 aromatic carbocycles. The van der Waals surface area contributed by atoms with Gasteiger partial charge in [0, 0.05) is 18.7 Å². The van der Waals surface area contributed by atoms with Crippen molar-refractivity contribution in [3.05, 3.63) is 65.2 Å². The van der Waals surface area contributed by atoms with Gasteiger partial charge in [-0.25, -0.2) is 9.37 Å². The number of rotatable bonds is 2. The molecule has 0 spiro atoms. The molecule has 1 aliphatic heterocycles. The van der Waals surface area contributed by atoms with Gasteiger partial charge in [-0.15, -0.1) is 21.5 Å². The molecule has 1 unspecified atom stereocenters. The van der Waals surface area contributed by atoms with E-state index >= 15 is 0 Å². The lowest BCUT2D eigenvalue weighted by Gasteiger charge is -2.33. The van der Waals surface area contributed by atoms with E-state index in [2.05, 4.69) is 23.2 Å². The summed E-state index contributed by atoms with van der Waals surface area (Å²) in [5, 5.41) is 9.58. The Bertz CT molecular complexity index is 1230. The molecule has 5 rings (SSSR count). The molecule has 1 amide bonds. The average molecular weight is 407 g/mol. The number of hydrogen-bond acceptors (Lipinski definition) is 5. The number of nitrogens with zero attached hydrogens (tertiary/aromatic N) is 5. The molecule has 146 valence electrons. The number of halogens is 1. The maximum Gasteiger partial charge on any atom is 0.254 e. The van der Waals surface area contributed by atoms with E-state index in [1.54, 1.807) is 16.2 Å². The maximum absolute atomic E-state index is 13.2. The fraction of sp³-hybridized carbons (Fsp3) is 0.238. The lowest BCUT2D eigenvalue weighted by Crippen LogP contribution is -2.41. The predicted molar refractivity (Wildman–Crippen MR) is 109 cm³/mol. The summed E-state index contributed by atoms with van der Waals surface area (Å²) >= 11 is 1.60. The van der Waals surface area contributed by atoms with Crippen molar-refractivity contribution >= 4 is 27.5 Å². The molecule has 0 radical (unpaired) electrons. The highest BCUT2D eigenvalue weighted by Gasteiger charge is 2.32. The minimum atomic E-state index is -0.358. The molecule has 8 heteroatoms. The Hall–Kier alpha value is -3.13. The lowest BCUT2D eigenvalue weighted by molar-refractivity contribution is 0.0638. The normalized spacial score (nSPS) is 16.2. The van der Waals surface area contributed by atoms with E-state index in [1.807, 2.05) is 23.6 Å². The van der Waals surface area contributed by atoms with Crippen LogP contribution in [0, 0.1) is 12.7 Å². The summed E-state index contributed by atoms with van der Waals surface area (Å²) in [4.78, 5) is 19.4. The van der Waals surface area contributed by atoms with Gasteiger partial charge in [0.2, 0.25) is 0 Å². The molecule has 0 bridgehead atoms. The van der Waals surface area contributed by atoms with Crippen LogP contribution in [0.2, 0.25) is 0 Å². The Kier molecular flexibility index (Phi) is 4.16.